The predicted molar refractivity (Wildman–Crippen MR) is 73.0 cm³/mol. The second-order valence-electron chi connectivity index (χ2n) is 3.94. The number of nitrogens with zero attached hydrogens (tertiary/aromatic N) is 3. The smallest absolute Gasteiger partial charge is 0.279 e. The number of thiazole rings is 1. The van der Waals surface area contributed by atoms with Crippen molar-refractivity contribution in [3.63, 3.8) is 0 Å². The molecular formula is C11H11ClN4O2S. The van der Waals surface area contributed by atoms with Crippen molar-refractivity contribution in [2.45, 2.75) is 13.8 Å². The number of ketones is 1. The van der Waals surface area contributed by atoms with Crippen molar-refractivity contribution in [1.29, 1.82) is 0 Å². The summed E-state index contributed by atoms with van der Waals surface area (Å²) >= 11 is 7.01. The number of aromatic nitrogens is 3. The second kappa shape index (κ2) is 5.10. The molecule has 2 aromatic rings. The van der Waals surface area contributed by atoms with Crippen LogP contribution in [0.25, 0.3) is 0 Å². The van der Waals surface area contributed by atoms with E-state index in [-0.39, 0.29) is 16.5 Å². The van der Waals surface area contributed by atoms with Crippen molar-refractivity contribution >= 4 is 39.8 Å². The van der Waals surface area contributed by atoms with Crippen molar-refractivity contribution in [3.8, 4) is 0 Å². The highest BCUT2D eigenvalue weighted by Gasteiger charge is 2.18. The zero-order chi connectivity index (χ0) is 14.2. The van der Waals surface area contributed by atoms with Crippen molar-refractivity contribution in [2.24, 2.45) is 7.05 Å². The van der Waals surface area contributed by atoms with Crippen LogP contribution in [0.4, 0.5) is 5.13 Å². The number of Topliss-reactive ketones (excluding diaryl/α,β-unsaturated/α-hetero) is 1. The molecule has 0 aliphatic heterocycles. The maximum atomic E-state index is 11.9. The standard InChI is InChI=1S/C11H11ClN4O2S/c1-5-9(6(2)17)19-11(13-5)14-10(18)8-7(12)4-16(3)15-8/h4H,1-3H3,(H,13,14,18). The number of aryl methyl sites for hydroxylation is 2. The lowest BCUT2D eigenvalue weighted by atomic mass is 10.3. The molecule has 0 aliphatic rings. The molecule has 8 heteroatoms. The van der Waals surface area contributed by atoms with Crippen LogP contribution in [0.1, 0.15) is 32.8 Å². The summed E-state index contributed by atoms with van der Waals surface area (Å²) in [6.45, 7) is 3.18. The molecule has 0 bridgehead atoms. The average molecular weight is 299 g/mol. The van der Waals surface area contributed by atoms with Gasteiger partial charge in [0.25, 0.3) is 5.91 Å². The van der Waals surface area contributed by atoms with Crippen LogP contribution in [-0.2, 0) is 7.05 Å². The molecule has 6 nitrogen and oxygen atoms in total. The van der Waals surface area contributed by atoms with Crippen molar-refractivity contribution in [3.05, 3.63) is 27.5 Å². The molecule has 2 rings (SSSR count). The Morgan fingerprint density at radius 3 is 2.63 bits per heavy atom. The van der Waals surface area contributed by atoms with Crippen LogP contribution in [-0.4, -0.2) is 26.5 Å². The SMILES string of the molecule is CC(=O)c1sc(NC(=O)c2nn(C)cc2Cl)nc1C. The van der Waals surface area contributed by atoms with Gasteiger partial charge in [-0.3, -0.25) is 19.6 Å². The van der Waals surface area contributed by atoms with Gasteiger partial charge in [-0.25, -0.2) is 4.98 Å². The minimum absolute atomic E-state index is 0.0774. The number of anilines is 1. The summed E-state index contributed by atoms with van der Waals surface area (Å²) in [5.74, 6) is -0.527. The van der Waals surface area contributed by atoms with Gasteiger partial charge in [0.15, 0.2) is 16.6 Å². The summed E-state index contributed by atoms with van der Waals surface area (Å²) in [4.78, 5) is 27.9. The Balaban J connectivity index is 2.22. The molecule has 0 radical (unpaired) electrons. The van der Waals surface area contributed by atoms with Gasteiger partial charge < -0.3 is 0 Å². The van der Waals surface area contributed by atoms with E-state index >= 15 is 0 Å². The number of amides is 1. The summed E-state index contributed by atoms with van der Waals surface area (Å²) < 4.78 is 1.45. The lowest BCUT2D eigenvalue weighted by molar-refractivity contribution is 0.101. The maximum absolute atomic E-state index is 11.9. The van der Waals surface area contributed by atoms with E-state index in [1.54, 1.807) is 14.0 Å². The van der Waals surface area contributed by atoms with Gasteiger partial charge in [-0.1, -0.05) is 22.9 Å². The number of carbonyl (C=O) groups is 2. The van der Waals surface area contributed by atoms with E-state index in [0.29, 0.717) is 15.7 Å². The first-order chi connectivity index (χ1) is 8.88. The van der Waals surface area contributed by atoms with E-state index in [1.165, 1.54) is 17.8 Å². The topological polar surface area (TPSA) is 76.9 Å². The third-order valence-corrected chi connectivity index (χ3v) is 3.79. The highest BCUT2D eigenvalue weighted by Crippen LogP contribution is 2.24. The monoisotopic (exact) mass is 298 g/mol. The van der Waals surface area contributed by atoms with Gasteiger partial charge in [0.1, 0.15) is 0 Å². The number of carbonyl (C=O) groups excluding carboxylic acids is 2. The van der Waals surface area contributed by atoms with Crippen LogP contribution in [0.15, 0.2) is 6.20 Å². The summed E-state index contributed by atoms with van der Waals surface area (Å²) in [5, 5.41) is 7.16. The molecule has 0 unspecified atom stereocenters. The zero-order valence-electron chi connectivity index (χ0n) is 10.5. The molecular weight excluding hydrogens is 288 g/mol. The molecule has 0 spiro atoms. The highest BCUT2D eigenvalue weighted by molar-refractivity contribution is 7.17. The Bertz CT molecular complexity index is 662. The van der Waals surface area contributed by atoms with E-state index in [4.69, 9.17) is 11.6 Å². The molecule has 0 fully saturated rings. The Labute approximate surface area is 118 Å². The molecule has 1 amide bonds. The van der Waals surface area contributed by atoms with E-state index in [0.717, 1.165) is 11.3 Å². The molecule has 0 saturated carbocycles. The Hall–Kier alpha value is -1.73. The first-order valence-electron chi connectivity index (χ1n) is 5.37. The van der Waals surface area contributed by atoms with Gasteiger partial charge in [0.2, 0.25) is 0 Å². The van der Waals surface area contributed by atoms with Gasteiger partial charge >= 0.3 is 0 Å². The van der Waals surface area contributed by atoms with Crippen LogP contribution in [0.2, 0.25) is 5.02 Å². The van der Waals surface area contributed by atoms with Crippen molar-refractivity contribution < 1.29 is 9.59 Å². The molecule has 0 atom stereocenters. The van der Waals surface area contributed by atoms with Crippen LogP contribution in [0.5, 0.6) is 0 Å². The molecule has 0 aliphatic carbocycles. The molecule has 19 heavy (non-hydrogen) atoms. The summed E-state index contributed by atoms with van der Waals surface area (Å²) in [6, 6.07) is 0. The molecule has 2 heterocycles. The fourth-order valence-electron chi connectivity index (χ4n) is 1.55. The summed E-state index contributed by atoms with van der Waals surface area (Å²) in [7, 11) is 1.67. The summed E-state index contributed by atoms with van der Waals surface area (Å²) in [5.41, 5.74) is 0.723. The average Bonchev–Trinajstić information content (AvgIpc) is 2.81. The van der Waals surface area contributed by atoms with Crippen LogP contribution >= 0.6 is 22.9 Å². The van der Waals surface area contributed by atoms with E-state index in [1.807, 2.05) is 0 Å². The molecule has 0 saturated heterocycles. The Morgan fingerprint density at radius 2 is 2.16 bits per heavy atom. The van der Waals surface area contributed by atoms with Crippen LogP contribution in [0.3, 0.4) is 0 Å². The van der Waals surface area contributed by atoms with E-state index in [2.05, 4.69) is 15.4 Å². The van der Waals surface area contributed by atoms with E-state index in [9.17, 15) is 9.59 Å². The molecule has 0 aromatic carbocycles. The first kappa shape index (κ1) is 13.7. The lowest BCUT2D eigenvalue weighted by Crippen LogP contribution is -2.13. The highest BCUT2D eigenvalue weighted by atomic mass is 35.5. The first-order valence-corrected chi connectivity index (χ1v) is 6.56. The van der Waals surface area contributed by atoms with Crippen molar-refractivity contribution in [2.75, 3.05) is 5.32 Å². The van der Waals surface area contributed by atoms with Gasteiger partial charge in [-0.2, -0.15) is 5.10 Å². The molecule has 1 N–H and O–H groups in total. The Kier molecular flexibility index (Phi) is 3.68. The summed E-state index contributed by atoms with van der Waals surface area (Å²) in [6.07, 6.45) is 1.53. The number of nitrogens with one attached hydrogen (secondary N) is 1. The van der Waals surface area contributed by atoms with Gasteiger partial charge in [0.05, 0.1) is 15.6 Å². The predicted octanol–water partition coefficient (Wildman–Crippen LogP) is 2.29. The van der Waals surface area contributed by atoms with E-state index < -0.39 is 5.91 Å². The number of hydrogen-bond acceptors (Lipinski definition) is 5. The molecule has 100 valence electrons. The fraction of sp³-hybridized carbons (Fsp3) is 0.273. The van der Waals surface area contributed by atoms with Crippen molar-refractivity contribution in [1.82, 2.24) is 14.8 Å². The quantitative estimate of drug-likeness (QED) is 0.882. The Morgan fingerprint density at radius 1 is 1.47 bits per heavy atom. The van der Waals surface area contributed by atoms with Gasteiger partial charge in [-0.05, 0) is 6.92 Å². The van der Waals surface area contributed by atoms with Crippen LogP contribution in [0, 0.1) is 6.92 Å². The normalized spacial score (nSPS) is 10.5. The number of hydrogen-bond donors (Lipinski definition) is 1. The van der Waals surface area contributed by atoms with Gasteiger partial charge in [0, 0.05) is 20.2 Å². The largest absolute Gasteiger partial charge is 0.296 e. The third kappa shape index (κ3) is 2.82. The van der Waals surface area contributed by atoms with Gasteiger partial charge in [-0.15, -0.1) is 0 Å². The lowest BCUT2D eigenvalue weighted by Gasteiger charge is -1.97. The zero-order valence-corrected chi connectivity index (χ0v) is 12.1. The third-order valence-electron chi connectivity index (χ3n) is 2.34. The number of halogens is 1. The minimum atomic E-state index is -0.450. The number of rotatable bonds is 3. The minimum Gasteiger partial charge on any atom is -0.296 e. The second-order valence-corrected chi connectivity index (χ2v) is 5.35. The van der Waals surface area contributed by atoms with Crippen LogP contribution < -0.4 is 5.32 Å². The maximum Gasteiger partial charge on any atom is 0.279 e. The molecule has 2 aromatic heterocycles. The fourth-order valence-corrected chi connectivity index (χ4v) is 2.67.